The molecule has 0 atom stereocenters. The van der Waals surface area contributed by atoms with Crippen LogP contribution in [0.5, 0.6) is 0 Å². The molecule has 112 valence electrons. The van der Waals surface area contributed by atoms with Gasteiger partial charge in [-0.2, -0.15) is 0 Å². The fourth-order valence-corrected chi connectivity index (χ4v) is 1.80. The van der Waals surface area contributed by atoms with Crippen molar-refractivity contribution >= 4 is 17.6 Å². The first-order valence-corrected chi connectivity index (χ1v) is 6.75. The quantitative estimate of drug-likeness (QED) is 0.777. The topological polar surface area (TPSA) is 86.3 Å². The smallest absolute Gasteiger partial charge is 0.355 e. The van der Waals surface area contributed by atoms with Crippen LogP contribution in [0, 0.1) is 0 Å². The molecule has 0 aliphatic heterocycles. The molecule has 0 aliphatic carbocycles. The van der Waals surface area contributed by atoms with E-state index in [1.165, 1.54) is 0 Å². The zero-order chi connectivity index (χ0) is 15.3. The molecule has 0 saturated carbocycles. The lowest BCUT2D eigenvalue weighted by Crippen LogP contribution is -2.31. The molecule has 0 radical (unpaired) electrons. The van der Waals surface area contributed by atoms with Crippen molar-refractivity contribution in [2.24, 2.45) is 0 Å². The van der Waals surface area contributed by atoms with Crippen LogP contribution in [0.15, 0.2) is 12.3 Å². The van der Waals surface area contributed by atoms with Gasteiger partial charge >= 0.3 is 5.97 Å². The molecule has 0 bridgehead atoms. The highest BCUT2D eigenvalue weighted by molar-refractivity contribution is 5.89. The molecule has 0 aromatic carbocycles. The summed E-state index contributed by atoms with van der Waals surface area (Å²) in [5.41, 5.74) is 6.62. The number of hydrogen-bond donors (Lipinski definition) is 2. The van der Waals surface area contributed by atoms with Gasteiger partial charge in [-0.05, 0) is 33.8 Å². The molecule has 1 aromatic rings. The molecule has 1 aromatic heterocycles. The van der Waals surface area contributed by atoms with Crippen molar-refractivity contribution in [2.45, 2.75) is 46.2 Å². The van der Waals surface area contributed by atoms with Crippen molar-refractivity contribution in [1.82, 2.24) is 9.88 Å². The maximum Gasteiger partial charge on any atom is 0.355 e. The third-order valence-electron chi connectivity index (χ3n) is 2.65. The highest BCUT2D eigenvalue weighted by Gasteiger charge is 2.16. The van der Waals surface area contributed by atoms with Crippen LogP contribution in [-0.2, 0) is 9.53 Å². The maximum atomic E-state index is 12.0. The Balaban J connectivity index is 2.53. The summed E-state index contributed by atoms with van der Waals surface area (Å²) >= 11 is 0. The Bertz CT molecular complexity index is 478. The molecule has 1 heterocycles. The number of nitrogens with zero attached hydrogens (tertiary/aromatic N) is 1. The minimum atomic E-state index is -0.465. The summed E-state index contributed by atoms with van der Waals surface area (Å²) in [6.45, 7) is 7.71. The summed E-state index contributed by atoms with van der Waals surface area (Å²) in [7, 11) is 0. The van der Waals surface area contributed by atoms with Gasteiger partial charge in [-0.1, -0.05) is 0 Å². The molecule has 1 amide bonds. The van der Waals surface area contributed by atoms with Crippen LogP contribution < -0.4 is 11.1 Å². The van der Waals surface area contributed by atoms with Crippen LogP contribution in [0.2, 0.25) is 0 Å². The normalized spacial score (nSPS) is 10.9. The van der Waals surface area contributed by atoms with E-state index < -0.39 is 5.97 Å². The standard InChI is InChI=1S/C14H23N3O3/c1-9(2)16-13(18)5-6-20-14(19)12-7-11(15)8-17(12)10(3)4/h7-10H,5-6,15H2,1-4H3,(H,16,18). The van der Waals surface area contributed by atoms with Crippen LogP contribution in [0.1, 0.15) is 50.6 Å². The number of nitrogens with one attached hydrogen (secondary N) is 1. The second kappa shape index (κ2) is 6.98. The third kappa shape index (κ3) is 4.60. The Labute approximate surface area is 119 Å². The van der Waals surface area contributed by atoms with Gasteiger partial charge in [-0.3, -0.25) is 4.79 Å². The molecule has 6 heteroatoms. The molecular formula is C14H23N3O3. The Hall–Kier alpha value is -1.98. The van der Waals surface area contributed by atoms with Gasteiger partial charge in [0.05, 0.1) is 12.1 Å². The number of carbonyl (C=O) groups excluding carboxylic acids is 2. The fraction of sp³-hybridized carbons (Fsp3) is 0.571. The Morgan fingerprint density at radius 3 is 2.55 bits per heavy atom. The van der Waals surface area contributed by atoms with Crippen molar-refractivity contribution in [3.05, 3.63) is 18.0 Å². The molecule has 0 fully saturated rings. The molecule has 0 saturated heterocycles. The van der Waals surface area contributed by atoms with E-state index in [1.54, 1.807) is 16.8 Å². The number of carbonyl (C=O) groups is 2. The van der Waals surface area contributed by atoms with Crippen molar-refractivity contribution in [2.75, 3.05) is 12.3 Å². The number of aromatic nitrogens is 1. The number of amides is 1. The van der Waals surface area contributed by atoms with Gasteiger partial charge in [-0.25, -0.2) is 4.79 Å². The fourth-order valence-electron chi connectivity index (χ4n) is 1.80. The summed E-state index contributed by atoms with van der Waals surface area (Å²) in [6, 6.07) is 1.77. The first-order chi connectivity index (χ1) is 9.31. The third-order valence-corrected chi connectivity index (χ3v) is 2.65. The molecule has 20 heavy (non-hydrogen) atoms. The lowest BCUT2D eigenvalue weighted by Gasteiger charge is -2.12. The number of esters is 1. The summed E-state index contributed by atoms with van der Waals surface area (Å²) in [5.74, 6) is -0.598. The highest BCUT2D eigenvalue weighted by atomic mass is 16.5. The minimum Gasteiger partial charge on any atom is -0.460 e. The van der Waals surface area contributed by atoms with E-state index in [0.717, 1.165) is 0 Å². The van der Waals surface area contributed by atoms with E-state index in [-0.39, 0.29) is 31.0 Å². The molecule has 6 nitrogen and oxygen atoms in total. The number of hydrogen-bond acceptors (Lipinski definition) is 4. The van der Waals surface area contributed by atoms with E-state index in [4.69, 9.17) is 10.5 Å². The van der Waals surface area contributed by atoms with Crippen molar-refractivity contribution in [3.8, 4) is 0 Å². The Kier molecular flexibility index (Phi) is 5.61. The number of nitrogen functional groups attached to an aromatic ring is 1. The first-order valence-electron chi connectivity index (χ1n) is 6.75. The van der Waals surface area contributed by atoms with Gasteiger partial charge < -0.3 is 20.4 Å². The van der Waals surface area contributed by atoms with Gasteiger partial charge in [0.25, 0.3) is 0 Å². The maximum absolute atomic E-state index is 12.0. The van der Waals surface area contributed by atoms with Crippen LogP contribution in [-0.4, -0.2) is 29.1 Å². The number of rotatable bonds is 6. The second-order valence-electron chi connectivity index (χ2n) is 5.27. The molecule has 0 aliphatic rings. The summed E-state index contributed by atoms with van der Waals surface area (Å²) in [4.78, 5) is 23.4. The average Bonchev–Trinajstić information content (AvgIpc) is 2.70. The van der Waals surface area contributed by atoms with Gasteiger partial charge in [0.2, 0.25) is 5.91 Å². The van der Waals surface area contributed by atoms with Crippen LogP contribution in [0.3, 0.4) is 0 Å². The Morgan fingerprint density at radius 2 is 2.00 bits per heavy atom. The monoisotopic (exact) mass is 281 g/mol. The average molecular weight is 281 g/mol. The van der Waals surface area contributed by atoms with E-state index in [0.29, 0.717) is 11.4 Å². The SMILES string of the molecule is CC(C)NC(=O)CCOC(=O)c1cc(N)cn1C(C)C. The van der Waals surface area contributed by atoms with Gasteiger partial charge in [0.15, 0.2) is 0 Å². The molecule has 0 unspecified atom stereocenters. The van der Waals surface area contributed by atoms with Gasteiger partial charge in [0.1, 0.15) is 12.3 Å². The van der Waals surface area contributed by atoms with Crippen molar-refractivity contribution in [3.63, 3.8) is 0 Å². The molecular weight excluding hydrogens is 258 g/mol. The first kappa shape index (κ1) is 16.1. The minimum absolute atomic E-state index is 0.0561. The summed E-state index contributed by atoms with van der Waals surface area (Å²) < 4.78 is 6.86. The predicted octanol–water partition coefficient (Wildman–Crippen LogP) is 1.72. The van der Waals surface area contributed by atoms with Crippen LogP contribution in [0.25, 0.3) is 0 Å². The van der Waals surface area contributed by atoms with Crippen molar-refractivity contribution in [1.29, 1.82) is 0 Å². The van der Waals surface area contributed by atoms with Crippen LogP contribution >= 0.6 is 0 Å². The van der Waals surface area contributed by atoms with Crippen molar-refractivity contribution < 1.29 is 14.3 Å². The summed E-state index contributed by atoms with van der Waals surface area (Å²) in [5, 5.41) is 2.73. The lowest BCUT2D eigenvalue weighted by molar-refractivity contribution is -0.122. The van der Waals surface area contributed by atoms with E-state index in [1.807, 2.05) is 27.7 Å². The molecule has 1 rings (SSSR count). The molecule has 0 spiro atoms. The zero-order valence-corrected chi connectivity index (χ0v) is 12.5. The number of anilines is 1. The highest BCUT2D eigenvalue weighted by Crippen LogP contribution is 2.17. The van der Waals surface area contributed by atoms with E-state index in [9.17, 15) is 9.59 Å². The largest absolute Gasteiger partial charge is 0.460 e. The number of ether oxygens (including phenoxy) is 1. The molecule has 3 N–H and O–H groups in total. The van der Waals surface area contributed by atoms with E-state index in [2.05, 4.69) is 5.32 Å². The summed E-state index contributed by atoms with van der Waals surface area (Å²) in [6.07, 6.45) is 1.86. The predicted molar refractivity (Wildman–Crippen MR) is 77.4 cm³/mol. The second-order valence-corrected chi connectivity index (χ2v) is 5.27. The Morgan fingerprint density at radius 1 is 1.35 bits per heavy atom. The van der Waals surface area contributed by atoms with E-state index >= 15 is 0 Å². The van der Waals surface area contributed by atoms with Gasteiger partial charge in [-0.15, -0.1) is 0 Å². The number of nitrogens with two attached hydrogens (primary N) is 1. The van der Waals surface area contributed by atoms with Gasteiger partial charge in [0, 0.05) is 18.3 Å². The lowest BCUT2D eigenvalue weighted by atomic mass is 10.3. The zero-order valence-electron chi connectivity index (χ0n) is 12.5. The van der Waals surface area contributed by atoms with Crippen LogP contribution in [0.4, 0.5) is 5.69 Å².